The van der Waals surface area contributed by atoms with E-state index in [0.717, 1.165) is 17.7 Å². The second-order valence-electron chi connectivity index (χ2n) is 6.67. The average molecular weight is 306 g/mol. The van der Waals surface area contributed by atoms with Crippen molar-refractivity contribution in [2.45, 2.75) is 59.6 Å². The molecule has 4 heteroatoms. The number of hydrogen-bond acceptors (Lipinski definition) is 3. The summed E-state index contributed by atoms with van der Waals surface area (Å²) in [5, 5.41) is 3.19. The Labute approximate surface area is 134 Å². The maximum absolute atomic E-state index is 12.5. The Balaban J connectivity index is 3.02. The van der Waals surface area contributed by atoms with E-state index in [9.17, 15) is 4.79 Å². The summed E-state index contributed by atoms with van der Waals surface area (Å²) in [4.78, 5) is 14.3. The van der Waals surface area contributed by atoms with Crippen molar-refractivity contribution in [3.05, 3.63) is 29.3 Å². The van der Waals surface area contributed by atoms with Crippen LogP contribution >= 0.6 is 0 Å². The molecule has 0 fully saturated rings. The first kappa shape index (κ1) is 18.3. The molecule has 0 heterocycles. The van der Waals surface area contributed by atoms with Crippen LogP contribution in [-0.4, -0.2) is 30.2 Å². The molecule has 1 amide bonds. The molecule has 0 aliphatic heterocycles. The van der Waals surface area contributed by atoms with Crippen molar-refractivity contribution in [3.8, 4) is 0 Å². The lowest BCUT2D eigenvalue weighted by Gasteiger charge is -2.32. The molecule has 0 aromatic heterocycles. The lowest BCUT2D eigenvalue weighted by molar-refractivity contribution is 0.0173. The number of rotatable bonds is 5. The summed E-state index contributed by atoms with van der Waals surface area (Å²) in [5.41, 5.74) is 2.91. The van der Waals surface area contributed by atoms with Gasteiger partial charge >= 0.3 is 6.09 Å². The Kier molecular flexibility index (Phi) is 6.27. The van der Waals surface area contributed by atoms with Crippen LogP contribution in [0.3, 0.4) is 0 Å². The molecule has 1 N–H and O–H groups in total. The number of aryl methyl sites for hydroxylation is 1. The summed E-state index contributed by atoms with van der Waals surface area (Å²) in [5.74, 6) is 0. The minimum atomic E-state index is -0.480. The maximum atomic E-state index is 12.5. The molecule has 0 spiro atoms. The number of anilines is 1. The highest BCUT2D eigenvalue weighted by molar-refractivity contribution is 5.69. The van der Waals surface area contributed by atoms with Crippen LogP contribution in [0.15, 0.2) is 18.2 Å². The molecule has 1 aromatic carbocycles. The molecule has 0 bridgehead atoms. The molecule has 0 aliphatic carbocycles. The number of amides is 1. The van der Waals surface area contributed by atoms with Gasteiger partial charge in [-0.15, -0.1) is 0 Å². The Morgan fingerprint density at radius 2 is 2.00 bits per heavy atom. The van der Waals surface area contributed by atoms with E-state index in [-0.39, 0.29) is 12.1 Å². The van der Waals surface area contributed by atoms with Crippen LogP contribution in [0.4, 0.5) is 10.5 Å². The van der Waals surface area contributed by atoms with Crippen LogP contribution in [0.1, 0.15) is 58.2 Å². The molecule has 0 saturated carbocycles. The molecule has 0 radical (unpaired) electrons. The van der Waals surface area contributed by atoms with E-state index in [4.69, 9.17) is 4.74 Å². The summed E-state index contributed by atoms with van der Waals surface area (Å²) in [7, 11) is 1.91. The van der Waals surface area contributed by atoms with Crippen LogP contribution < -0.4 is 5.32 Å². The zero-order valence-electron chi connectivity index (χ0n) is 15.0. The van der Waals surface area contributed by atoms with Crippen molar-refractivity contribution >= 4 is 11.8 Å². The predicted octanol–water partition coefficient (Wildman–Crippen LogP) is 4.74. The van der Waals surface area contributed by atoms with E-state index in [1.54, 1.807) is 4.90 Å². The molecular weight excluding hydrogens is 276 g/mol. The van der Waals surface area contributed by atoms with Crippen molar-refractivity contribution in [1.29, 1.82) is 0 Å². The van der Waals surface area contributed by atoms with Crippen molar-refractivity contribution in [2.24, 2.45) is 0 Å². The van der Waals surface area contributed by atoms with Gasteiger partial charge in [0.15, 0.2) is 0 Å². The van der Waals surface area contributed by atoms with E-state index in [0.29, 0.717) is 6.54 Å². The number of hydrogen-bond donors (Lipinski definition) is 1. The minimum Gasteiger partial charge on any atom is -0.444 e. The standard InChI is InChI=1S/C18H30N2O2/c1-8-11-20(17(21)22-18(4,5)6)14(3)15-10-9-13(2)16(12-15)19-7/h9-10,12,14,19H,8,11H2,1-7H3. The van der Waals surface area contributed by atoms with E-state index >= 15 is 0 Å². The second kappa shape index (κ2) is 7.52. The Morgan fingerprint density at radius 3 is 2.50 bits per heavy atom. The van der Waals surface area contributed by atoms with Crippen molar-refractivity contribution in [3.63, 3.8) is 0 Å². The summed E-state index contributed by atoms with van der Waals surface area (Å²) in [6.45, 7) is 12.5. The molecule has 0 aliphatic rings. The quantitative estimate of drug-likeness (QED) is 0.854. The molecule has 124 valence electrons. The van der Waals surface area contributed by atoms with E-state index < -0.39 is 5.60 Å². The third kappa shape index (κ3) is 4.93. The van der Waals surface area contributed by atoms with Gasteiger partial charge in [0.1, 0.15) is 5.60 Å². The van der Waals surface area contributed by atoms with Gasteiger partial charge in [-0.25, -0.2) is 4.79 Å². The minimum absolute atomic E-state index is 0.0255. The van der Waals surface area contributed by atoms with Crippen LogP contribution in [0.2, 0.25) is 0 Å². The van der Waals surface area contributed by atoms with E-state index in [1.165, 1.54) is 5.56 Å². The van der Waals surface area contributed by atoms with Crippen molar-refractivity contribution in [1.82, 2.24) is 4.90 Å². The molecule has 1 atom stereocenters. The average Bonchev–Trinajstić information content (AvgIpc) is 2.42. The zero-order chi connectivity index (χ0) is 16.9. The highest BCUT2D eigenvalue weighted by atomic mass is 16.6. The molecule has 1 unspecified atom stereocenters. The first-order chi connectivity index (χ1) is 10.2. The van der Waals surface area contributed by atoms with Gasteiger partial charge in [-0.05, 0) is 58.2 Å². The Morgan fingerprint density at radius 1 is 1.36 bits per heavy atom. The van der Waals surface area contributed by atoms with Crippen LogP contribution in [0.5, 0.6) is 0 Å². The molecule has 1 rings (SSSR count). The third-order valence-electron chi connectivity index (χ3n) is 3.57. The molecular formula is C18H30N2O2. The largest absolute Gasteiger partial charge is 0.444 e. The third-order valence-corrected chi connectivity index (χ3v) is 3.57. The lowest BCUT2D eigenvalue weighted by atomic mass is 10.0. The lowest BCUT2D eigenvalue weighted by Crippen LogP contribution is -2.38. The van der Waals surface area contributed by atoms with Gasteiger partial charge in [0.2, 0.25) is 0 Å². The second-order valence-corrected chi connectivity index (χ2v) is 6.67. The summed E-state index contributed by atoms with van der Waals surface area (Å²) in [6, 6.07) is 6.24. The van der Waals surface area contributed by atoms with Crippen LogP contribution in [-0.2, 0) is 4.74 Å². The first-order valence-electron chi connectivity index (χ1n) is 7.97. The summed E-state index contributed by atoms with van der Waals surface area (Å²) < 4.78 is 5.55. The molecule has 4 nitrogen and oxygen atoms in total. The smallest absolute Gasteiger partial charge is 0.410 e. The zero-order valence-corrected chi connectivity index (χ0v) is 15.0. The predicted molar refractivity (Wildman–Crippen MR) is 92.4 cm³/mol. The topological polar surface area (TPSA) is 41.6 Å². The number of nitrogens with one attached hydrogen (secondary N) is 1. The Bertz CT molecular complexity index is 506. The fourth-order valence-corrected chi connectivity index (χ4v) is 2.35. The van der Waals surface area contributed by atoms with Gasteiger partial charge in [0, 0.05) is 19.3 Å². The van der Waals surface area contributed by atoms with Gasteiger partial charge < -0.3 is 15.0 Å². The maximum Gasteiger partial charge on any atom is 0.410 e. The van der Waals surface area contributed by atoms with E-state index in [1.807, 2.05) is 34.7 Å². The summed E-state index contributed by atoms with van der Waals surface area (Å²) in [6.07, 6.45) is 0.641. The van der Waals surface area contributed by atoms with Gasteiger partial charge in [-0.2, -0.15) is 0 Å². The van der Waals surface area contributed by atoms with Crippen molar-refractivity contribution in [2.75, 3.05) is 18.9 Å². The Hall–Kier alpha value is -1.71. The molecule has 0 saturated heterocycles. The SMILES string of the molecule is CCCN(C(=O)OC(C)(C)C)C(C)c1ccc(C)c(NC)c1. The van der Waals surface area contributed by atoms with Gasteiger partial charge in [-0.3, -0.25) is 0 Å². The van der Waals surface area contributed by atoms with Gasteiger partial charge in [0.05, 0.1) is 6.04 Å². The fourth-order valence-electron chi connectivity index (χ4n) is 2.35. The van der Waals surface area contributed by atoms with Crippen LogP contribution in [0.25, 0.3) is 0 Å². The highest BCUT2D eigenvalue weighted by Crippen LogP contribution is 2.26. The normalized spacial score (nSPS) is 12.7. The molecule has 1 aromatic rings. The number of ether oxygens (including phenoxy) is 1. The number of benzene rings is 1. The van der Waals surface area contributed by atoms with Gasteiger partial charge in [0.25, 0.3) is 0 Å². The van der Waals surface area contributed by atoms with Gasteiger partial charge in [-0.1, -0.05) is 19.1 Å². The summed E-state index contributed by atoms with van der Waals surface area (Å²) >= 11 is 0. The highest BCUT2D eigenvalue weighted by Gasteiger charge is 2.26. The number of nitrogens with zero attached hydrogens (tertiary/aromatic N) is 1. The first-order valence-corrected chi connectivity index (χ1v) is 7.97. The number of carbonyl (C=O) groups excluding carboxylic acids is 1. The van der Waals surface area contributed by atoms with Crippen molar-refractivity contribution < 1.29 is 9.53 Å². The van der Waals surface area contributed by atoms with E-state index in [2.05, 4.69) is 37.4 Å². The fraction of sp³-hybridized carbons (Fsp3) is 0.611. The monoisotopic (exact) mass is 306 g/mol. The number of carbonyl (C=O) groups is 1. The molecule has 22 heavy (non-hydrogen) atoms. The van der Waals surface area contributed by atoms with Crippen LogP contribution in [0, 0.1) is 6.92 Å².